The highest BCUT2D eigenvalue weighted by Gasteiger charge is 2.04. The predicted octanol–water partition coefficient (Wildman–Crippen LogP) is -2.16. The van der Waals surface area contributed by atoms with Crippen molar-refractivity contribution in [1.82, 2.24) is 9.13 Å². The molecule has 5 nitrogen and oxygen atoms in total. The lowest BCUT2D eigenvalue weighted by atomic mass is 10.5. The largest absolute Gasteiger partial charge is 0.385 e. The molecule has 64 valence electrons. The number of nitrogens with two attached hydrogens (primary N) is 1. The number of rotatable bonds is 2. The van der Waals surface area contributed by atoms with Crippen molar-refractivity contribution in [2.24, 2.45) is 0 Å². The number of anilines is 1. The van der Waals surface area contributed by atoms with E-state index in [-0.39, 0.29) is 22.5 Å². The summed E-state index contributed by atoms with van der Waals surface area (Å²) >= 11 is 4.70. The fourth-order valence-corrected chi connectivity index (χ4v) is 1.69. The Labute approximate surface area is 91.0 Å². The summed E-state index contributed by atoms with van der Waals surface area (Å²) in [6.07, 6.45) is 0. The highest BCUT2D eigenvalue weighted by Crippen LogP contribution is 1.90. The highest BCUT2D eigenvalue weighted by atomic mass is 27.1. The van der Waals surface area contributed by atoms with E-state index in [2.05, 4.69) is 32.6 Å². The third kappa shape index (κ3) is 1.90. The normalized spacial score (nSPS) is 10.2. The first-order valence-electron chi connectivity index (χ1n) is 3.62. The van der Waals surface area contributed by atoms with Gasteiger partial charge in [0, 0.05) is 6.07 Å². The van der Waals surface area contributed by atoms with E-state index in [1.54, 1.807) is 0 Å². The quantitative estimate of drug-likeness (QED) is 0.562. The maximum atomic E-state index is 11.5. The lowest BCUT2D eigenvalue weighted by molar-refractivity contribution is 0.671. The standard InChI is InChI=1S/C6H7N3O2.2Al/c1-8-4(7)3-5(10)9(2)6(8)11;;/h3H,1-2,7H2;;. The zero-order valence-corrected chi connectivity index (χ0v) is 9.24. The second-order valence-corrected chi connectivity index (χ2v) is 3.14. The third-order valence-corrected chi connectivity index (χ3v) is 2.41. The number of hydrogen-bond donors (Lipinski definition) is 1. The Morgan fingerprint density at radius 3 is 2.23 bits per heavy atom. The second kappa shape index (κ2) is 4.17. The second-order valence-electron chi connectivity index (χ2n) is 2.41. The molecule has 0 unspecified atom stereocenters. The van der Waals surface area contributed by atoms with Crippen molar-refractivity contribution in [1.29, 1.82) is 0 Å². The fraction of sp³-hybridized carbons (Fsp3) is 0.333. The van der Waals surface area contributed by atoms with Crippen molar-refractivity contribution < 1.29 is 0 Å². The van der Waals surface area contributed by atoms with Gasteiger partial charge in [-0.2, -0.15) is 0 Å². The van der Waals surface area contributed by atoms with E-state index in [0.717, 1.165) is 4.57 Å². The molecule has 2 N–H and O–H groups in total. The molecule has 0 atom stereocenters. The Bertz CT molecular complexity index is 423. The van der Waals surface area contributed by atoms with E-state index in [9.17, 15) is 9.59 Å². The van der Waals surface area contributed by atoms with Crippen LogP contribution in [0.5, 0.6) is 0 Å². The van der Waals surface area contributed by atoms with Gasteiger partial charge in [0.1, 0.15) is 5.82 Å². The molecular formula is C6H7Al2N3O2. The first kappa shape index (κ1) is 10.6. The Balaban J connectivity index is 3.59. The molecule has 13 heavy (non-hydrogen) atoms. The summed E-state index contributed by atoms with van der Waals surface area (Å²) < 4.78 is 2.42. The van der Waals surface area contributed by atoms with Crippen LogP contribution in [0.1, 0.15) is 0 Å². The van der Waals surface area contributed by atoms with Crippen LogP contribution in [-0.4, -0.2) is 41.7 Å². The summed E-state index contributed by atoms with van der Waals surface area (Å²) in [6.45, 7) is 0. The summed E-state index contributed by atoms with van der Waals surface area (Å²) in [5, 5.41) is 0.665. The molecule has 0 aromatic carbocycles. The molecule has 1 aromatic heterocycles. The van der Waals surface area contributed by atoms with Crippen LogP contribution < -0.4 is 17.0 Å². The highest BCUT2D eigenvalue weighted by molar-refractivity contribution is 6.07. The Kier molecular flexibility index (Phi) is 3.41. The minimum absolute atomic E-state index is 0.194. The molecule has 1 aromatic rings. The van der Waals surface area contributed by atoms with Gasteiger partial charge in [0.25, 0.3) is 5.56 Å². The zero-order chi connectivity index (χ0) is 10.0. The van der Waals surface area contributed by atoms with E-state index in [1.165, 1.54) is 10.6 Å². The van der Waals surface area contributed by atoms with Gasteiger partial charge in [-0.25, -0.2) is 4.79 Å². The average Bonchev–Trinajstić information content (AvgIpc) is 2.04. The molecule has 0 bridgehead atoms. The van der Waals surface area contributed by atoms with Gasteiger partial charge in [0.15, 0.2) is 32.6 Å². The zero-order valence-electron chi connectivity index (χ0n) is 6.93. The molecule has 0 amide bonds. The van der Waals surface area contributed by atoms with E-state index < -0.39 is 0 Å². The summed E-state index contributed by atoms with van der Waals surface area (Å²) in [5.41, 5.74) is 4.74. The maximum Gasteiger partial charge on any atom is 0.329 e. The number of hydrogen-bond acceptors (Lipinski definition) is 3. The topological polar surface area (TPSA) is 70.0 Å². The summed E-state index contributed by atoms with van der Waals surface area (Å²) in [5.74, 6) is 0.194. The number of nitrogens with zero attached hydrogens (tertiary/aromatic N) is 2. The van der Waals surface area contributed by atoms with Crippen LogP contribution in [-0.2, 0) is 10.8 Å². The van der Waals surface area contributed by atoms with Crippen molar-refractivity contribution in [3.63, 3.8) is 0 Å². The average molecular weight is 207 g/mol. The van der Waals surface area contributed by atoms with Gasteiger partial charge in [0.2, 0.25) is 0 Å². The van der Waals surface area contributed by atoms with Crippen LogP contribution in [0.4, 0.5) is 5.82 Å². The molecule has 0 saturated heterocycles. The smallest absolute Gasteiger partial charge is 0.329 e. The summed E-state index contributed by atoms with van der Waals surface area (Å²) in [7, 11) is 0. The van der Waals surface area contributed by atoms with Crippen molar-refractivity contribution in [2.75, 3.05) is 5.73 Å². The lowest BCUT2D eigenvalue weighted by Gasteiger charge is -2.09. The lowest BCUT2D eigenvalue weighted by Crippen LogP contribution is -2.40. The first-order chi connectivity index (χ1) is 6.11. The van der Waals surface area contributed by atoms with Crippen molar-refractivity contribution in [3.8, 4) is 0 Å². The maximum absolute atomic E-state index is 11.5. The molecular weight excluding hydrogens is 200 g/mol. The van der Waals surface area contributed by atoms with Gasteiger partial charge in [-0.15, -0.1) is 0 Å². The van der Waals surface area contributed by atoms with Gasteiger partial charge in [0.05, 0.1) is 0 Å². The Morgan fingerprint density at radius 2 is 1.77 bits per heavy atom. The van der Waals surface area contributed by atoms with Crippen LogP contribution in [0.3, 0.4) is 0 Å². The van der Waals surface area contributed by atoms with Gasteiger partial charge in [-0.3, -0.25) is 13.9 Å². The van der Waals surface area contributed by atoms with Gasteiger partial charge < -0.3 is 5.73 Å². The molecule has 0 aliphatic carbocycles. The van der Waals surface area contributed by atoms with Crippen LogP contribution in [0, 0.1) is 0 Å². The van der Waals surface area contributed by atoms with Gasteiger partial charge in [-0.05, 0) is 10.8 Å². The van der Waals surface area contributed by atoms with Crippen molar-refractivity contribution >= 4 is 38.4 Å². The molecule has 0 spiro atoms. The fourth-order valence-electron chi connectivity index (χ4n) is 0.984. The number of aromatic nitrogens is 2. The van der Waals surface area contributed by atoms with E-state index >= 15 is 0 Å². The van der Waals surface area contributed by atoms with Crippen LogP contribution >= 0.6 is 0 Å². The molecule has 1 rings (SSSR count). The minimum atomic E-state index is -0.380. The van der Waals surface area contributed by atoms with Crippen molar-refractivity contribution in [2.45, 2.75) is 10.8 Å². The van der Waals surface area contributed by atoms with Crippen LogP contribution in [0.25, 0.3) is 0 Å². The number of nitrogen functional groups attached to an aromatic ring is 1. The molecule has 0 saturated carbocycles. The van der Waals surface area contributed by atoms with E-state index in [1.807, 2.05) is 0 Å². The van der Waals surface area contributed by atoms with E-state index in [0.29, 0.717) is 5.41 Å². The minimum Gasteiger partial charge on any atom is -0.385 e. The molecule has 0 aliphatic heterocycles. The van der Waals surface area contributed by atoms with Gasteiger partial charge in [-0.1, -0.05) is 0 Å². The summed E-state index contributed by atoms with van der Waals surface area (Å²) in [4.78, 5) is 22.7. The third-order valence-electron chi connectivity index (χ3n) is 1.68. The molecule has 4 radical (unpaired) electrons. The summed E-state index contributed by atoms with van der Waals surface area (Å²) in [6, 6.07) is 1.25. The Morgan fingerprint density at radius 1 is 1.23 bits per heavy atom. The van der Waals surface area contributed by atoms with Crippen LogP contribution in [0.2, 0.25) is 0 Å². The molecule has 0 aliphatic rings. The van der Waals surface area contributed by atoms with E-state index in [4.69, 9.17) is 5.73 Å². The van der Waals surface area contributed by atoms with Gasteiger partial charge >= 0.3 is 5.69 Å². The molecule has 0 fully saturated rings. The monoisotopic (exact) mass is 207 g/mol. The first-order valence-corrected chi connectivity index (χ1v) is 5.25. The predicted molar refractivity (Wildman–Crippen MR) is 50.9 cm³/mol. The SMILES string of the molecule is Nc1cc(=O)n([CH2][Al])c(=O)n1[CH2][Al]. The van der Waals surface area contributed by atoms with Crippen LogP contribution in [0.15, 0.2) is 15.7 Å². The molecule has 7 heteroatoms. The van der Waals surface area contributed by atoms with Crippen molar-refractivity contribution in [3.05, 3.63) is 26.9 Å². The Hall–Kier alpha value is -0.455. The molecule has 1 heterocycles.